The molecule has 2 heterocycles. The summed E-state index contributed by atoms with van der Waals surface area (Å²) in [5.74, 6) is 0.923. The van der Waals surface area contributed by atoms with Crippen molar-refractivity contribution < 1.29 is 4.79 Å². The summed E-state index contributed by atoms with van der Waals surface area (Å²) in [7, 11) is 0. The number of nitrogens with one attached hydrogen (secondary N) is 2. The van der Waals surface area contributed by atoms with E-state index in [0.717, 1.165) is 35.7 Å². The zero-order valence-corrected chi connectivity index (χ0v) is 14.4. The molecular weight excluding hydrogens is 320 g/mol. The van der Waals surface area contributed by atoms with E-state index in [2.05, 4.69) is 15.6 Å². The molecule has 5 nitrogen and oxygen atoms in total. The minimum Gasteiger partial charge on any atom is -0.358 e. The van der Waals surface area contributed by atoms with Crippen LogP contribution in [0, 0.1) is 6.92 Å². The van der Waals surface area contributed by atoms with Gasteiger partial charge in [0.1, 0.15) is 5.82 Å². The molecule has 1 saturated heterocycles. The van der Waals surface area contributed by atoms with Crippen molar-refractivity contribution >= 4 is 34.7 Å². The molecule has 3 rings (SSSR count). The molecule has 0 bridgehead atoms. The van der Waals surface area contributed by atoms with Crippen molar-refractivity contribution in [2.24, 2.45) is 0 Å². The number of nitrogens with zero attached hydrogens (tertiary/aromatic N) is 2. The molecule has 1 amide bonds. The van der Waals surface area contributed by atoms with Gasteiger partial charge >= 0.3 is 0 Å². The Morgan fingerprint density at radius 3 is 2.88 bits per heavy atom. The van der Waals surface area contributed by atoms with Crippen LogP contribution >= 0.6 is 12.2 Å². The topological polar surface area (TPSA) is 57.3 Å². The van der Waals surface area contributed by atoms with Gasteiger partial charge in [-0.1, -0.05) is 18.2 Å². The summed E-state index contributed by atoms with van der Waals surface area (Å²) >= 11 is 5.31. The SMILES string of the molecule is Cc1cccc(NC(=S)NCc2cccc(N3CCCC3=O)c2)n1. The molecule has 1 aromatic heterocycles. The molecule has 24 heavy (non-hydrogen) atoms. The lowest BCUT2D eigenvalue weighted by molar-refractivity contribution is -0.117. The summed E-state index contributed by atoms with van der Waals surface area (Å²) in [6, 6.07) is 13.7. The monoisotopic (exact) mass is 340 g/mol. The molecule has 124 valence electrons. The Kier molecular flexibility index (Phi) is 5.05. The van der Waals surface area contributed by atoms with Gasteiger partial charge in [0, 0.05) is 30.9 Å². The predicted octanol–water partition coefficient (Wildman–Crippen LogP) is 3.00. The maximum Gasteiger partial charge on any atom is 0.227 e. The zero-order valence-electron chi connectivity index (χ0n) is 13.6. The number of rotatable bonds is 4. The van der Waals surface area contributed by atoms with E-state index in [1.807, 2.05) is 54.3 Å². The van der Waals surface area contributed by atoms with Gasteiger partial charge in [-0.2, -0.15) is 0 Å². The molecular formula is C18H20N4OS. The van der Waals surface area contributed by atoms with Gasteiger partial charge in [0.2, 0.25) is 5.91 Å². The van der Waals surface area contributed by atoms with Crippen LogP contribution in [0.25, 0.3) is 0 Å². The van der Waals surface area contributed by atoms with E-state index in [9.17, 15) is 4.79 Å². The van der Waals surface area contributed by atoms with E-state index in [1.165, 1.54) is 0 Å². The summed E-state index contributed by atoms with van der Waals surface area (Å²) in [5.41, 5.74) is 2.97. The van der Waals surface area contributed by atoms with Crippen molar-refractivity contribution in [3.8, 4) is 0 Å². The fourth-order valence-corrected chi connectivity index (χ4v) is 2.89. The second kappa shape index (κ2) is 7.40. The molecule has 2 N–H and O–H groups in total. The van der Waals surface area contributed by atoms with E-state index in [0.29, 0.717) is 18.1 Å². The minimum absolute atomic E-state index is 0.197. The van der Waals surface area contributed by atoms with Crippen LogP contribution < -0.4 is 15.5 Å². The molecule has 6 heteroatoms. The number of aryl methyl sites for hydroxylation is 1. The number of aromatic nitrogens is 1. The first-order valence-electron chi connectivity index (χ1n) is 7.99. The minimum atomic E-state index is 0.197. The first-order valence-corrected chi connectivity index (χ1v) is 8.40. The summed E-state index contributed by atoms with van der Waals surface area (Å²) in [6.07, 6.45) is 1.57. The third kappa shape index (κ3) is 4.08. The fourth-order valence-electron chi connectivity index (χ4n) is 2.71. The molecule has 0 atom stereocenters. The first kappa shape index (κ1) is 16.4. The molecule has 0 spiro atoms. The Morgan fingerprint density at radius 2 is 2.12 bits per heavy atom. The van der Waals surface area contributed by atoms with Crippen molar-refractivity contribution in [1.82, 2.24) is 10.3 Å². The lowest BCUT2D eigenvalue weighted by Crippen LogP contribution is -2.28. The number of benzene rings is 1. The van der Waals surface area contributed by atoms with Gasteiger partial charge in [-0.3, -0.25) is 4.79 Å². The van der Waals surface area contributed by atoms with Crippen molar-refractivity contribution in [1.29, 1.82) is 0 Å². The highest BCUT2D eigenvalue weighted by Crippen LogP contribution is 2.22. The molecule has 0 radical (unpaired) electrons. The number of hydrogen-bond acceptors (Lipinski definition) is 3. The van der Waals surface area contributed by atoms with Crippen molar-refractivity contribution in [2.75, 3.05) is 16.8 Å². The van der Waals surface area contributed by atoms with E-state index in [-0.39, 0.29) is 5.91 Å². The van der Waals surface area contributed by atoms with Crippen LogP contribution in [0.15, 0.2) is 42.5 Å². The molecule has 0 aliphatic carbocycles. The average Bonchev–Trinajstić information content (AvgIpc) is 2.99. The van der Waals surface area contributed by atoms with Gasteiger partial charge in [0.15, 0.2) is 5.11 Å². The third-order valence-corrected chi connectivity index (χ3v) is 4.13. The normalized spacial score (nSPS) is 13.9. The Bertz CT molecular complexity index is 762. The van der Waals surface area contributed by atoms with Crippen LogP contribution in [0.3, 0.4) is 0 Å². The lowest BCUT2D eigenvalue weighted by Gasteiger charge is -2.17. The smallest absolute Gasteiger partial charge is 0.227 e. The van der Waals surface area contributed by atoms with Crippen molar-refractivity contribution in [2.45, 2.75) is 26.3 Å². The van der Waals surface area contributed by atoms with Crippen LogP contribution in [-0.4, -0.2) is 22.5 Å². The number of pyridine rings is 1. The molecule has 1 aliphatic rings. The standard InChI is InChI=1S/C18H20N4OS/c1-13-5-2-8-16(20-13)21-18(24)19-12-14-6-3-7-15(11-14)22-10-4-9-17(22)23/h2-3,5-8,11H,4,9-10,12H2,1H3,(H2,19,20,21,24). The van der Waals surface area contributed by atoms with Gasteiger partial charge < -0.3 is 15.5 Å². The van der Waals surface area contributed by atoms with E-state index in [4.69, 9.17) is 12.2 Å². The number of anilines is 2. The summed E-state index contributed by atoms with van der Waals surface area (Å²) in [5, 5.41) is 6.77. The molecule has 1 aromatic carbocycles. The molecule has 0 unspecified atom stereocenters. The molecule has 0 saturated carbocycles. The van der Waals surface area contributed by atoms with Crippen LogP contribution in [0.2, 0.25) is 0 Å². The quantitative estimate of drug-likeness (QED) is 0.838. The molecule has 2 aromatic rings. The van der Waals surface area contributed by atoms with Crippen LogP contribution in [-0.2, 0) is 11.3 Å². The van der Waals surface area contributed by atoms with Gasteiger partial charge in [0.05, 0.1) is 0 Å². The Morgan fingerprint density at radius 1 is 1.29 bits per heavy atom. The van der Waals surface area contributed by atoms with Crippen molar-refractivity contribution in [3.63, 3.8) is 0 Å². The highest BCUT2D eigenvalue weighted by atomic mass is 32.1. The summed E-state index contributed by atoms with van der Waals surface area (Å²) in [4.78, 5) is 18.1. The van der Waals surface area contributed by atoms with E-state index in [1.54, 1.807) is 0 Å². The number of hydrogen-bond donors (Lipinski definition) is 2. The summed E-state index contributed by atoms with van der Waals surface area (Å²) in [6.45, 7) is 3.33. The average molecular weight is 340 g/mol. The Labute approximate surface area is 147 Å². The summed E-state index contributed by atoms with van der Waals surface area (Å²) < 4.78 is 0. The van der Waals surface area contributed by atoms with Crippen LogP contribution in [0.4, 0.5) is 11.5 Å². The van der Waals surface area contributed by atoms with E-state index < -0.39 is 0 Å². The number of carbonyl (C=O) groups excluding carboxylic acids is 1. The van der Waals surface area contributed by atoms with Crippen LogP contribution in [0.5, 0.6) is 0 Å². The predicted molar refractivity (Wildman–Crippen MR) is 100 cm³/mol. The maximum absolute atomic E-state index is 11.9. The van der Waals surface area contributed by atoms with Gasteiger partial charge in [-0.15, -0.1) is 0 Å². The number of carbonyl (C=O) groups is 1. The fraction of sp³-hybridized carbons (Fsp3) is 0.278. The first-order chi connectivity index (χ1) is 11.6. The van der Waals surface area contributed by atoms with Crippen molar-refractivity contribution in [3.05, 3.63) is 53.7 Å². The second-order valence-corrected chi connectivity index (χ2v) is 6.20. The third-order valence-electron chi connectivity index (χ3n) is 3.88. The van der Waals surface area contributed by atoms with E-state index >= 15 is 0 Å². The molecule has 1 fully saturated rings. The highest BCUT2D eigenvalue weighted by molar-refractivity contribution is 7.80. The largest absolute Gasteiger partial charge is 0.358 e. The number of thiocarbonyl (C=S) groups is 1. The lowest BCUT2D eigenvalue weighted by atomic mass is 10.2. The van der Waals surface area contributed by atoms with Crippen LogP contribution in [0.1, 0.15) is 24.1 Å². The van der Waals surface area contributed by atoms with Gasteiger partial charge in [-0.25, -0.2) is 4.98 Å². The number of amides is 1. The maximum atomic E-state index is 11.9. The Balaban J connectivity index is 1.58. The highest BCUT2D eigenvalue weighted by Gasteiger charge is 2.21. The van der Waals surface area contributed by atoms with Gasteiger partial charge in [-0.05, 0) is 55.4 Å². The Hall–Kier alpha value is -2.47. The second-order valence-electron chi connectivity index (χ2n) is 5.79. The molecule has 1 aliphatic heterocycles. The zero-order chi connectivity index (χ0) is 16.9. The van der Waals surface area contributed by atoms with Gasteiger partial charge in [0.25, 0.3) is 0 Å².